The number of likely N-dealkylation sites (N-methyl/N-ethyl adjacent to an activating group) is 1. The van der Waals surface area contributed by atoms with Gasteiger partial charge in [-0.1, -0.05) is 13.0 Å². The molecule has 2 aromatic heterocycles. The van der Waals surface area contributed by atoms with Gasteiger partial charge in [-0.25, -0.2) is 19.3 Å². The molecule has 1 aliphatic rings. The molecule has 1 N–H and O–H groups in total. The van der Waals surface area contributed by atoms with Gasteiger partial charge in [0.05, 0.1) is 12.3 Å². The van der Waals surface area contributed by atoms with Crippen LogP contribution < -0.4 is 15.0 Å². The first-order chi connectivity index (χ1) is 18.0. The van der Waals surface area contributed by atoms with Crippen molar-refractivity contribution in [2.45, 2.75) is 31.4 Å². The second kappa shape index (κ2) is 13.1. The fraction of sp³-hybridized carbons (Fsp3) is 0.464. The van der Waals surface area contributed by atoms with Crippen molar-refractivity contribution in [2.75, 3.05) is 62.9 Å². The van der Waals surface area contributed by atoms with Crippen LogP contribution in [0, 0.1) is 5.82 Å². The Labute approximate surface area is 223 Å². The van der Waals surface area contributed by atoms with Crippen molar-refractivity contribution in [1.82, 2.24) is 19.9 Å². The molecule has 1 fully saturated rings. The largest absolute Gasteiger partial charge is 0.493 e. The normalized spacial score (nSPS) is 15.9. The highest BCUT2D eigenvalue weighted by Gasteiger charge is 2.25. The molecule has 198 valence electrons. The van der Waals surface area contributed by atoms with E-state index in [4.69, 9.17) is 9.72 Å². The number of halogens is 1. The number of aromatic nitrogens is 3. The third-order valence-electron chi connectivity index (χ3n) is 6.89. The molecule has 0 bridgehead atoms. The lowest BCUT2D eigenvalue weighted by Crippen LogP contribution is -2.44. The van der Waals surface area contributed by atoms with Crippen LogP contribution in [0.2, 0.25) is 0 Å². The monoisotopic (exact) mass is 524 g/mol. The summed E-state index contributed by atoms with van der Waals surface area (Å²) in [6, 6.07) is 11.0. The van der Waals surface area contributed by atoms with E-state index < -0.39 is 0 Å². The van der Waals surface area contributed by atoms with E-state index in [-0.39, 0.29) is 17.0 Å². The molecule has 2 unspecified atom stereocenters. The fourth-order valence-corrected chi connectivity index (χ4v) is 5.66. The molecule has 1 saturated heterocycles. The van der Waals surface area contributed by atoms with E-state index in [0.717, 1.165) is 61.1 Å². The molecule has 7 nitrogen and oxygen atoms in total. The van der Waals surface area contributed by atoms with E-state index >= 15 is 0 Å². The van der Waals surface area contributed by atoms with E-state index in [9.17, 15) is 4.39 Å². The number of hydrogen-bond donors (Lipinski definition) is 1. The molecule has 3 aromatic rings. The van der Waals surface area contributed by atoms with Gasteiger partial charge in [0.1, 0.15) is 29.5 Å². The van der Waals surface area contributed by atoms with Crippen LogP contribution in [0.4, 0.5) is 16.0 Å². The second-order valence-electron chi connectivity index (χ2n) is 9.27. The molecule has 0 aliphatic carbocycles. The second-order valence-corrected chi connectivity index (χ2v) is 10.3. The summed E-state index contributed by atoms with van der Waals surface area (Å²) in [5.74, 6) is 2.33. The highest BCUT2D eigenvalue weighted by atomic mass is 32.2. The maximum Gasteiger partial charge on any atom is 0.129 e. The number of thioether (sulfide) groups is 1. The lowest BCUT2D eigenvalue weighted by Gasteiger charge is -2.33. The topological polar surface area (TPSA) is 66.4 Å². The van der Waals surface area contributed by atoms with Crippen molar-refractivity contribution in [3.05, 3.63) is 60.3 Å². The zero-order chi connectivity index (χ0) is 26.2. The predicted octanol–water partition coefficient (Wildman–Crippen LogP) is 5.17. The Bertz CT molecular complexity index is 1140. The van der Waals surface area contributed by atoms with Crippen LogP contribution in [0.15, 0.2) is 48.9 Å². The number of anilines is 2. The summed E-state index contributed by atoms with van der Waals surface area (Å²) in [4.78, 5) is 18.3. The van der Waals surface area contributed by atoms with Crippen molar-refractivity contribution in [3.8, 4) is 17.0 Å². The first kappa shape index (κ1) is 27.1. The van der Waals surface area contributed by atoms with Crippen molar-refractivity contribution >= 4 is 23.4 Å². The Kier molecular flexibility index (Phi) is 9.57. The zero-order valence-corrected chi connectivity index (χ0v) is 23.0. The quantitative estimate of drug-likeness (QED) is 0.369. The molecule has 0 amide bonds. The van der Waals surface area contributed by atoms with E-state index in [2.05, 4.69) is 57.4 Å². The Hall–Kier alpha value is -2.91. The van der Waals surface area contributed by atoms with Gasteiger partial charge >= 0.3 is 0 Å². The Morgan fingerprint density at radius 1 is 1.05 bits per heavy atom. The molecule has 3 heterocycles. The van der Waals surface area contributed by atoms with Gasteiger partial charge in [-0.05, 0) is 50.4 Å². The maximum absolute atomic E-state index is 13.9. The minimum atomic E-state index is -0.277. The number of ether oxygens (including phenoxy) is 1. The molecular formula is C28H37FN6OS. The van der Waals surface area contributed by atoms with Crippen molar-refractivity contribution in [3.63, 3.8) is 0 Å². The Morgan fingerprint density at radius 3 is 2.54 bits per heavy atom. The van der Waals surface area contributed by atoms with Crippen molar-refractivity contribution < 1.29 is 9.13 Å². The van der Waals surface area contributed by atoms with Gasteiger partial charge in [0.2, 0.25) is 0 Å². The molecule has 4 rings (SSSR count). The highest BCUT2D eigenvalue weighted by molar-refractivity contribution is 7.99. The SMILES string of the molecule is CCOc1cc(F)ccc1C(CC)C(CNc1cc(-c2ccc(N3CCN(C)CC3)nc2)ncn1)SC. The summed E-state index contributed by atoms with van der Waals surface area (Å²) in [5, 5.41) is 3.75. The summed E-state index contributed by atoms with van der Waals surface area (Å²) < 4.78 is 19.7. The van der Waals surface area contributed by atoms with E-state index in [1.807, 2.05) is 25.3 Å². The standard InChI is InChI=1S/C28H37FN6OS/c1-5-22(23-9-8-21(29)15-25(23)36-6-2)26(37-4)18-30-27-16-24(32-19-33-27)20-7-10-28(31-17-20)35-13-11-34(3)12-14-35/h7-10,15-17,19,22,26H,5-6,11-14,18H2,1-4H3,(H,30,32,33). The van der Waals surface area contributed by atoms with Crippen LogP contribution >= 0.6 is 11.8 Å². The van der Waals surface area contributed by atoms with Crippen LogP contribution in [0.25, 0.3) is 11.3 Å². The summed E-state index contributed by atoms with van der Waals surface area (Å²) in [6.45, 7) is 9.37. The van der Waals surface area contributed by atoms with Crippen molar-refractivity contribution in [1.29, 1.82) is 0 Å². The maximum atomic E-state index is 13.9. The number of benzene rings is 1. The highest BCUT2D eigenvalue weighted by Crippen LogP contribution is 2.36. The molecule has 1 aromatic carbocycles. The number of rotatable bonds is 11. The molecule has 1 aliphatic heterocycles. The first-order valence-electron chi connectivity index (χ1n) is 12.9. The number of nitrogens with one attached hydrogen (secondary N) is 1. The minimum absolute atomic E-state index is 0.206. The summed E-state index contributed by atoms with van der Waals surface area (Å²) in [6.07, 6.45) is 6.50. The van der Waals surface area contributed by atoms with E-state index in [1.54, 1.807) is 18.1 Å². The van der Waals surface area contributed by atoms with Gasteiger partial charge in [0.15, 0.2) is 0 Å². The van der Waals surface area contributed by atoms with Gasteiger partial charge < -0.3 is 19.9 Å². The van der Waals surface area contributed by atoms with Crippen LogP contribution in [0.5, 0.6) is 5.75 Å². The summed E-state index contributed by atoms with van der Waals surface area (Å²) in [7, 11) is 2.15. The molecular weight excluding hydrogens is 487 g/mol. The van der Waals surface area contributed by atoms with Gasteiger partial charge in [0, 0.05) is 67.8 Å². The molecule has 0 saturated carbocycles. The van der Waals surface area contributed by atoms with Crippen LogP contribution in [0.1, 0.15) is 31.7 Å². The lowest BCUT2D eigenvalue weighted by atomic mass is 9.91. The Morgan fingerprint density at radius 2 is 1.86 bits per heavy atom. The first-order valence-corrected chi connectivity index (χ1v) is 14.2. The van der Waals surface area contributed by atoms with E-state index in [0.29, 0.717) is 18.9 Å². The zero-order valence-electron chi connectivity index (χ0n) is 22.2. The average molecular weight is 525 g/mol. The number of piperazine rings is 1. The van der Waals surface area contributed by atoms with Gasteiger partial charge in [-0.3, -0.25) is 0 Å². The summed E-state index contributed by atoms with van der Waals surface area (Å²) >= 11 is 1.79. The fourth-order valence-electron chi connectivity index (χ4n) is 4.75. The third-order valence-corrected chi connectivity index (χ3v) is 7.99. The van der Waals surface area contributed by atoms with E-state index in [1.165, 1.54) is 12.1 Å². The predicted molar refractivity (Wildman–Crippen MR) is 151 cm³/mol. The molecule has 2 atom stereocenters. The van der Waals surface area contributed by atoms with Crippen LogP contribution in [0.3, 0.4) is 0 Å². The van der Waals surface area contributed by atoms with Gasteiger partial charge in [-0.2, -0.15) is 11.8 Å². The third kappa shape index (κ3) is 6.90. The molecule has 9 heteroatoms. The molecule has 37 heavy (non-hydrogen) atoms. The molecule has 0 spiro atoms. The average Bonchev–Trinajstić information content (AvgIpc) is 2.92. The molecule has 0 radical (unpaired) electrons. The van der Waals surface area contributed by atoms with Crippen molar-refractivity contribution in [2.24, 2.45) is 0 Å². The van der Waals surface area contributed by atoms with Crippen LogP contribution in [-0.4, -0.2) is 77.7 Å². The summed E-state index contributed by atoms with van der Waals surface area (Å²) in [5.41, 5.74) is 2.84. The number of hydrogen-bond acceptors (Lipinski definition) is 8. The lowest BCUT2D eigenvalue weighted by molar-refractivity contribution is 0.312. The van der Waals surface area contributed by atoms with Crippen LogP contribution in [-0.2, 0) is 0 Å². The van der Waals surface area contributed by atoms with Gasteiger partial charge in [-0.15, -0.1) is 0 Å². The Balaban J connectivity index is 1.44. The number of nitrogens with zero attached hydrogens (tertiary/aromatic N) is 5. The minimum Gasteiger partial charge on any atom is -0.493 e. The van der Waals surface area contributed by atoms with Gasteiger partial charge in [0.25, 0.3) is 0 Å². The smallest absolute Gasteiger partial charge is 0.129 e. The number of pyridine rings is 1.